The molecule has 15 heavy (non-hydrogen) atoms. The van der Waals surface area contributed by atoms with E-state index >= 15 is 0 Å². The number of carbonyl (C=O) groups is 1. The van der Waals surface area contributed by atoms with Gasteiger partial charge in [0.25, 0.3) is 0 Å². The summed E-state index contributed by atoms with van der Waals surface area (Å²) >= 11 is 0. The van der Waals surface area contributed by atoms with Crippen LogP contribution in [0.15, 0.2) is 0 Å². The average Bonchev–Trinajstić information content (AvgIpc) is 2.05. The maximum atomic E-state index is 11.3. The minimum absolute atomic E-state index is 0.0937. The van der Waals surface area contributed by atoms with Gasteiger partial charge in [-0.2, -0.15) is 0 Å². The molecule has 0 saturated carbocycles. The van der Waals surface area contributed by atoms with Crippen LogP contribution in [-0.4, -0.2) is 40.8 Å². The third-order valence-electron chi connectivity index (χ3n) is 3.05. The number of amides is 1. The van der Waals surface area contributed by atoms with Crippen molar-refractivity contribution in [2.75, 3.05) is 13.1 Å². The number of carboxylic acid groups (broad SMARTS) is 1. The van der Waals surface area contributed by atoms with Crippen molar-refractivity contribution in [3.8, 4) is 0 Å². The molecule has 1 fully saturated rings. The van der Waals surface area contributed by atoms with Crippen molar-refractivity contribution in [1.82, 2.24) is 10.2 Å². The first-order chi connectivity index (χ1) is 6.84. The highest BCUT2D eigenvalue weighted by atomic mass is 16.4. The first kappa shape index (κ1) is 12.3. The van der Waals surface area contributed by atoms with E-state index in [-0.39, 0.29) is 11.6 Å². The van der Waals surface area contributed by atoms with Crippen molar-refractivity contribution in [3.05, 3.63) is 0 Å². The molecule has 0 aromatic carbocycles. The summed E-state index contributed by atoms with van der Waals surface area (Å²) < 4.78 is 0. The summed E-state index contributed by atoms with van der Waals surface area (Å²) in [4.78, 5) is 12.9. The normalized spacial score (nSPS) is 27.5. The van der Waals surface area contributed by atoms with Crippen LogP contribution >= 0.6 is 0 Å². The third kappa shape index (κ3) is 2.84. The monoisotopic (exact) mass is 214 g/mol. The molecule has 0 bridgehead atoms. The Balaban J connectivity index is 2.83. The summed E-state index contributed by atoms with van der Waals surface area (Å²) in [6.45, 7) is 9.74. The maximum absolute atomic E-state index is 11.3. The molecule has 1 amide bonds. The Hall–Kier alpha value is -0.770. The summed E-state index contributed by atoms with van der Waals surface area (Å²) in [5, 5.41) is 12.5. The van der Waals surface area contributed by atoms with E-state index in [1.807, 2.05) is 20.8 Å². The lowest BCUT2D eigenvalue weighted by atomic mass is 9.90. The second-order valence-electron chi connectivity index (χ2n) is 5.36. The Morgan fingerprint density at radius 3 is 2.47 bits per heavy atom. The number of hydrogen-bond acceptors (Lipinski definition) is 2. The van der Waals surface area contributed by atoms with Crippen molar-refractivity contribution in [3.63, 3.8) is 0 Å². The first-order valence-electron chi connectivity index (χ1n) is 5.57. The number of piperidine rings is 1. The van der Waals surface area contributed by atoms with E-state index in [0.29, 0.717) is 5.92 Å². The molecule has 0 unspecified atom stereocenters. The van der Waals surface area contributed by atoms with E-state index < -0.39 is 6.09 Å². The lowest BCUT2D eigenvalue weighted by Crippen LogP contribution is -2.58. The van der Waals surface area contributed by atoms with Gasteiger partial charge in [0, 0.05) is 12.1 Å². The fourth-order valence-electron chi connectivity index (χ4n) is 2.25. The molecule has 2 atom stereocenters. The zero-order valence-electron chi connectivity index (χ0n) is 10.1. The molecular weight excluding hydrogens is 192 g/mol. The smallest absolute Gasteiger partial charge is 0.408 e. The van der Waals surface area contributed by atoms with E-state index in [1.54, 1.807) is 4.90 Å². The summed E-state index contributed by atoms with van der Waals surface area (Å²) in [5.41, 5.74) is -0.330. The Bertz CT molecular complexity index is 235. The highest BCUT2D eigenvalue weighted by molar-refractivity contribution is 5.66. The Labute approximate surface area is 91.6 Å². The Morgan fingerprint density at radius 1 is 1.47 bits per heavy atom. The lowest BCUT2D eigenvalue weighted by molar-refractivity contribution is 0.0422. The molecule has 88 valence electrons. The van der Waals surface area contributed by atoms with Crippen molar-refractivity contribution in [2.45, 2.75) is 45.7 Å². The van der Waals surface area contributed by atoms with Crippen LogP contribution in [-0.2, 0) is 0 Å². The van der Waals surface area contributed by atoms with Crippen LogP contribution in [0.3, 0.4) is 0 Å². The lowest BCUT2D eigenvalue weighted by Gasteiger charge is -2.44. The van der Waals surface area contributed by atoms with Gasteiger partial charge in [0.2, 0.25) is 0 Å². The molecule has 1 rings (SSSR count). The molecule has 0 aliphatic carbocycles. The number of nitrogens with one attached hydrogen (secondary N) is 1. The molecule has 1 heterocycles. The van der Waals surface area contributed by atoms with Crippen LogP contribution in [0.5, 0.6) is 0 Å². The minimum atomic E-state index is -0.817. The van der Waals surface area contributed by atoms with E-state index in [2.05, 4.69) is 12.2 Å². The number of hydrogen-bond donors (Lipinski definition) is 2. The zero-order valence-corrected chi connectivity index (χ0v) is 10.1. The van der Waals surface area contributed by atoms with Gasteiger partial charge in [-0.25, -0.2) is 4.79 Å². The first-order valence-corrected chi connectivity index (χ1v) is 5.57. The summed E-state index contributed by atoms with van der Waals surface area (Å²) in [5.74, 6) is 0.432. The van der Waals surface area contributed by atoms with Crippen LogP contribution in [0.4, 0.5) is 4.79 Å². The molecule has 0 aromatic heterocycles. The highest BCUT2D eigenvalue weighted by Gasteiger charge is 2.36. The molecule has 0 aromatic rings. The second-order valence-corrected chi connectivity index (χ2v) is 5.36. The zero-order chi connectivity index (χ0) is 11.6. The van der Waals surface area contributed by atoms with E-state index in [9.17, 15) is 9.90 Å². The van der Waals surface area contributed by atoms with Gasteiger partial charge in [0.15, 0.2) is 0 Å². The van der Waals surface area contributed by atoms with Crippen molar-refractivity contribution in [2.24, 2.45) is 5.92 Å². The van der Waals surface area contributed by atoms with Gasteiger partial charge < -0.3 is 10.4 Å². The van der Waals surface area contributed by atoms with Crippen molar-refractivity contribution in [1.29, 1.82) is 0 Å². The number of rotatable bonds is 1. The van der Waals surface area contributed by atoms with Crippen LogP contribution in [0.25, 0.3) is 0 Å². The van der Waals surface area contributed by atoms with Crippen LogP contribution in [0.1, 0.15) is 34.1 Å². The molecular formula is C11H22N2O2. The molecule has 0 spiro atoms. The average molecular weight is 214 g/mol. The minimum Gasteiger partial charge on any atom is -0.465 e. The summed E-state index contributed by atoms with van der Waals surface area (Å²) in [7, 11) is 0. The molecule has 1 aliphatic rings. The summed E-state index contributed by atoms with van der Waals surface area (Å²) in [6.07, 6.45) is 0.230. The van der Waals surface area contributed by atoms with Gasteiger partial charge in [0.1, 0.15) is 0 Å². The molecule has 1 saturated heterocycles. The third-order valence-corrected chi connectivity index (χ3v) is 3.05. The van der Waals surface area contributed by atoms with Crippen LogP contribution in [0.2, 0.25) is 0 Å². The SMILES string of the molecule is C[C@@H]1CCNC[C@@H]1N(C(=O)O)C(C)(C)C. The van der Waals surface area contributed by atoms with Gasteiger partial charge in [-0.3, -0.25) is 4.90 Å². The maximum Gasteiger partial charge on any atom is 0.408 e. The molecule has 1 aliphatic heterocycles. The standard InChI is InChI=1S/C11H22N2O2/c1-8-5-6-12-7-9(8)13(10(14)15)11(2,3)4/h8-9,12H,5-7H2,1-4H3,(H,14,15)/t8-,9+/m1/s1. The predicted molar refractivity (Wildman–Crippen MR) is 60.1 cm³/mol. The van der Waals surface area contributed by atoms with E-state index in [4.69, 9.17) is 0 Å². The predicted octanol–water partition coefficient (Wildman–Crippen LogP) is 1.76. The number of nitrogens with zero attached hydrogens (tertiary/aromatic N) is 1. The van der Waals surface area contributed by atoms with E-state index in [0.717, 1.165) is 19.5 Å². The fourth-order valence-corrected chi connectivity index (χ4v) is 2.25. The van der Waals surface area contributed by atoms with Crippen molar-refractivity contribution < 1.29 is 9.90 Å². The van der Waals surface area contributed by atoms with Crippen LogP contribution in [0, 0.1) is 5.92 Å². The van der Waals surface area contributed by atoms with Gasteiger partial charge >= 0.3 is 6.09 Å². The largest absolute Gasteiger partial charge is 0.465 e. The van der Waals surface area contributed by atoms with Crippen LogP contribution < -0.4 is 5.32 Å². The summed E-state index contributed by atoms with van der Waals surface area (Å²) in [6, 6.07) is 0.0937. The molecule has 4 heteroatoms. The Kier molecular flexibility index (Phi) is 3.60. The molecule has 0 radical (unpaired) electrons. The van der Waals surface area contributed by atoms with E-state index in [1.165, 1.54) is 0 Å². The Morgan fingerprint density at radius 2 is 2.07 bits per heavy atom. The van der Waals surface area contributed by atoms with Gasteiger partial charge in [0.05, 0.1) is 6.04 Å². The van der Waals surface area contributed by atoms with Crippen molar-refractivity contribution >= 4 is 6.09 Å². The quantitative estimate of drug-likeness (QED) is 0.699. The van der Waals surface area contributed by atoms with Gasteiger partial charge in [-0.1, -0.05) is 6.92 Å². The van der Waals surface area contributed by atoms with Gasteiger partial charge in [-0.05, 0) is 39.7 Å². The van der Waals surface area contributed by atoms with Gasteiger partial charge in [-0.15, -0.1) is 0 Å². The second kappa shape index (κ2) is 4.39. The topological polar surface area (TPSA) is 52.6 Å². The highest BCUT2D eigenvalue weighted by Crippen LogP contribution is 2.25. The molecule has 2 N–H and O–H groups in total. The molecule has 4 nitrogen and oxygen atoms in total. The fraction of sp³-hybridized carbons (Fsp3) is 0.909.